The van der Waals surface area contributed by atoms with Crippen LogP contribution in [0.2, 0.25) is 0 Å². The Morgan fingerprint density at radius 1 is 1.39 bits per heavy atom. The number of aryl methyl sites for hydroxylation is 1. The van der Waals surface area contributed by atoms with Gasteiger partial charge < -0.3 is 10.6 Å². The number of benzene rings is 1. The number of carbonyl (C=O) groups excluding carboxylic acids is 1. The van der Waals surface area contributed by atoms with Gasteiger partial charge in [0.05, 0.1) is 6.54 Å². The van der Waals surface area contributed by atoms with E-state index in [1.54, 1.807) is 6.08 Å². The fraction of sp³-hybridized carbons (Fsp3) is 0.400. The summed E-state index contributed by atoms with van der Waals surface area (Å²) in [6.07, 6.45) is 4.79. The van der Waals surface area contributed by atoms with E-state index in [2.05, 4.69) is 41.5 Å². The second-order valence-corrected chi connectivity index (χ2v) is 4.70. The standard InChI is InChI=1S/C15H20N2O/c1-2-9-16-11-15(18)17-14-8-7-12-5-3-4-6-13(12)10-14/h2-6,14,16H,1,7-11H2,(H,17,18). The first-order chi connectivity index (χ1) is 8.79. The summed E-state index contributed by atoms with van der Waals surface area (Å²) in [6, 6.07) is 8.76. The number of nitrogens with one attached hydrogen (secondary N) is 2. The Morgan fingerprint density at radius 2 is 2.17 bits per heavy atom. The van der Waals surface area contributed by atoms with Gasteiger partial charge in [0, 0.05) is 12.6 Å². The van der Waals surface area contributed by atoms with Crippen LogP contribution in [0.15, 0.2) is 36.9 Å². The van der Waals surface area contributed by atoms with E-state index < -0.39 is 0 Å². The van der Waals surface area contributed by atoms with Crippen molar-refractivity contribution in [2.45, 2.75) is 25.3 Å². The quantitative estimate of drug-likeness (QED) is 0.608. The molecule has 3 heteroatoms. The minimum atomic E-state index is 0.0706. The zero-order valence-corrected chi connectivity index (χ0v) is 10.6. The molecule has 1 aliphatic carbocycles. The van der Waals surface area contributed by atoms with Crippen molar-refractivity contribution in [1.29, 1.82) is 0 Å². The monoisotopic (exact) mass is 244 g/mol. The zero-order valence-electron chi connectivity index (χ0n) is 10.6. The van der Waals surface area contributed by atoms with Crippen LogP contribution < -0.4 is 10.6 Å². The van der Waals surface area contributed by atoms with Gasteiger partial charge in [-0.05, 0) is 30.4 Å². The first kappa shape index (κ1) is 12.8. The molecular formula is C15H20N2O. The van der Waals surface area contributed by atoms with Gasteiger partial charge in [-0.1, -0.05) is 30.3 Å². The topological polar surface area (TPSA) is 41.1 Å². The van der Waals surface area contributed by atoms with E-state index in [-0.39, 0.29) is 11.9 Å². The van der Waals surface area contributed by atoms with Gasteiger partial charge in [-0.2, -0.15) is 0 Å². The molecule has 18 heavy (non-hydrogen) atoms. The van der Waals surface area contributed by atoms with Crippen molar-refractivity contribution >= 4 is 5.91 Å². The van der Waals surface area contributed by atoms with E-state index in [0.717, 1.165) is 19.3 Å². The Labute approximate surface area is 108 Å². The summed E-state index contributed by atoms with van der Waals surface area (Å²) >= 11 is 0. The molecule has 0 spiro atoms. The SMILES string of the molecule is C=CCNCC(=O)NC1CCc2ccccc2C1. The molecule has 0 aliphatic heterocycles. The molecule has 1 aromatic carbocycles. The van der Waals surface area contributed by atoms with Gasteiger partial charge in [-0.25, -0.2) is 0 Å². The van der Waals surface area contributed by atoms with Crippen LogP contribution >= 0.6 is 0 Å². The highest BCUT2D eigenvalue weighted by atomic mass is 16.1. The summed E-state index contributed by atoms with van der Waals surface area (Å²) in [4.78, 5) is 11.7. The van der Waals surface area contributed by atoms with Crippen LogP contribution in [-0.2, 0) is 17.6 Å². The van der Waals surface area contributed by atoms with E-state index >= 15 is 0 Å². The molecule has 2 rings (SSSR count). The highest BCUT2D eigenvalue weighted by molar-refractivity contribution is 5.78. The van der Waals surface area contributed by atoms with E-state index in [1.165, 1.54) is 11.1 Å². The normalized spacial score (nSPS) is 17.9. The van der Waals surface area contributed by atoms with Crippen molar-refractivity contribution < 1.29 is 4.79 Å². The molecule has 1 unspecified atom stereocenters. The number of carbonyl (C=O) groups is 1. The predicted molar refractivity (Wildman–Crippen MR) is 73.5 cm³/mol. The zero-order chi connectivity index (χ0) is 12.8. The van der Waals surface area contributed by atoms with Crippen LogP contribution in [0.3, 0.4) is 0 Å². The minimum Gasteiger partial charge on any atom is -0.352 e. The van der Waals surface area contributed by atoms with Crippen LogP contribution in [0, 0.1) is 0 Å². The summed E-state index contributed by atoms with van der Waals surface area (Å²) < 4.78 is 0. The molecule has 0 saturated carbocycles. The van der Waals surface area contributed by atoms with E-state index in [4.69, 9.17) is 0 Å². The van der Waals surface area contributed by atoms with Gasteiger partial charge in [0.25, 0.3) is 0 Å². The van der Waals surface area contributed by atoms with Gasteiger partial charge in [-0.3, -0.25) is 4.79 Å². The Bertz CT molecular complexity index is 428. The third-order valence-electron chi connectivity index (χ3n) is 3.29. The van der Waals surface area contributed by atoms with Crippen LogP contribution in [-0.4, -0.2) is 25.0 Å². The lowest BCUT2D eigenvalue weighted by molar-refractivity contribution is -0.120. The molecule has 3 nitrogen and oxygen atoms in total. The largest absolute Gasteiger partial charge is 0.352 e. The lowest BCUT2D eigenvalue weighted by atomic mass is 9.88. The lowest BCUT2D eigenvalue weighted by Crippen LogP contribution is -2.43. The Morgan fingerprint density at radius 3 is 2.94 bits per heavy atom. The van der Waals surface area contributed by atoms with Crippen molar-refractivity contribution in [2.24, 2.45) is 0 Å². The Kier molecular flexibility index (Phi) is 4.53. The Hall–Kier alpha value is -1.61. The van der Waals surface area contributed by atoms with Crippen LogP contribution in [0.1, 0.15) is 17.5 Å². The summed E-state index contributed by atoms with van der Waals surface area (Å²) in [7, 11) is 0. The molecule has 0 radical (unpaired) electrons. The van der Waals surface area contributed by atoms with Crippen molar-refractivity contribution in [3.63, 3.8) is 0 Å². The molecule has 1 aliphatic rings. The van der Waals surface area contributed by atoms with Gasteiger partial charge in [0.1, 0.15) is 0 Å². The second-order valence-electron chi connectivity index (χ2n) is 4.70. The lowest BCUT2D eigenvalue weighted by Gasteiger charge is -2.25. The smallest absolute Gasteiger partial charge is 0.234 e. The molecule has 0 fully saturated rings. The minimum absolute atomic E-state index is 0.0706. The molecule has 0 heterocycles. The number of fused-ring (bicyclic) bond motifs is 1. The fourth-order valence-electron chi connectivity index (χ4n) is 2.39. The summed E-state index contributed by atoms with van der Waals surface area (Å²) in [5.74, 6) is 0.0706. The number of hydrogen-bond donors (Lipinski definition) is 2. The molecule has 1 atom stereocenters. The van der Waals surface area contributed by atoms with Crippen molar-refractivity contribution in [2.75, 3.05) is 13.1 Å². The average molecular weight is 244 g/mol. The molecule has 0 aromatic heterocycles. The fourth-order valence-corrected chi connectivity index (χ4v) is 2.39. The molecular weight excluding hydrogens is 224 g/mol. The molecule has 96 valence electrons. The van der Waals surface area contributed by atoms with E-state index in [1.807, 2.05) is 0 Å². The van der Waals surface area contributed by atoms with Crippen molar-refractivity contribution in [1.82, 2.24) is 10.6 Å². The number of hydrogen-bond acceptors (Lipinski definition) is 2. The van der Waals surface area contributed by atoms with Crippen molar-refractivity contribution in [3.05, 3.63) is 48.0 Å². The molecule has 1 aromatic rings. The summed E-state index contributed by atoms with van der Waals surface area (Å²) in [5, 5.41) is 6.10. The van der Waals surface area contributed by atoms with Crippen molar-refractivity contribution in [3.8, 4) is 0 Å². The maximum atomic E-state index is 11.7. The predicted octanol–water partition coefficient (Wildman–Crippen LogP) is 1.44. The highest BCUT2D eigenvalue weighted by Crippen LogP contribution is 2.20. The molecule has 0 saturated heterocycles. The number of amides is 1. The molecule has 1 amide bonds. The first-order valence-corrected chi connectivity index (χ1v) is 6.47. The van der Waals surface area contributed by atoms with Crippen LogP contribution in [0.4, 0.5) is 0 Å². The molecule has 2 N–H and O–H groups in total. The van der Waals surface area contributed by atoms with Crippen LogP contribution in [0.5, 0.6) is 0 Å². The number of rotatable bonds is 5. The maximum Gasteiger partial charge on any atom is 0.234 e. The van der Waals surface area contributed by atoms with Gasteiger partial charge in [0.15, 0.2) is 0 Å². The van der Waals surface area contributed by atoms with Gasteiger partial charge in [0.2, 0.25) is 5.91 Å². The van der Waals surface area contributed by atoms with E-state index in [0.29, 0.717) is 13.1 Å². The van der Waals surface area contributed by atoms with Gasteiger partial charge in [-0.15, -0.1) is 6.58 Å². The second kappa shape index (κ2) is 6.36. The van der Waals surface area contributed by atoms with Crippen LogP contribution in [0.25, 0.3) is 0 Å². The maximum absolute atomic E-state index is 11.7. The average Bonchev–Trinajstić information content (AvgIpc) is 2.39. The molecule has 0 bridgehead atoms. The Balaban J connectivity index is 1.82. The first-order valence-electron chi connectivity index (χ1n) is 6.47. The third kappa shape index (κ3) is 3.44. The highest BCUT2D eigenvalue weighted by Gasteiger charge is 2.19. The van der Waals surface area contributed by atoms with Gasteiger partial charge >= 0.3 is 0 Å². The van der Waals surface area contributed by atoms with E-state index in [9.17, 15) is 4.79 Å². The summed E-state index contributed by atoms with van der Waals surface area (Å²) in [5.41, 5.74) is 2.79. The summed E-state index contributed by atoms with van der Waals surface area (Å²) in [6.45, 7) is 4.64. The third-order valence-corrected chi connectivity index (χ3v) is 3.29.